The Morgan fingerprint density at radius 2 is 1.39 bits per heavy atom. The van der Waals surface area contributed by atoms with Gasteiger partial charge in [-0.3, -0.25) is 9.59 Å². The highest BCUT2D eigenvalue weighted by molar-refractivity contribution is 5.81. The first-order chi connectivity index (χ1) is 31.6. The third kappa shape index (κ3) is 10.8. The number of nitrogens with one attached hydrogen (secondary N) is 1. The van der Waals surface area contributed by atoms with E-state index in [0.717, 1.165) is 38.5 Å². The summed E-state index contributed by atoms with van der Waals surface area (Å²) in [7, 11) is 0. The number of aliphatic hydroxyl groups is 9. The maximum atomic E-state index is 13.8. The van der Waals surface area contributed by atoms with Gasteiger partial charge in [0.2, 0.25) is 5.91 Å². The normalized spacial score (nSPS) is 48.8. The van der Waals surface area contributed by atoms with Gasteiger partial charge in [-0.15, -0.1) is 0 Å². The molecule has 1 amide bonds. The molecule has 0 aromatic rings. The average Bonchev–Trinajstić information content (AvgIpc) is 3.56. The van der Waals surface area contributed by atoms with Gasteiger partial charge in [-0.1, -0.05) is 41.5 Å². The Bertz CT molecular complexity index is 1660. The summed E-state index contributed by atoms with van der Waals surface area (Å²) in [6.07, 6.45) is -13.1. The predicted molar refractivity (Wildman–Crippen MR) is 238 cm³/mol. The van der Waals surface area contributed by atoms with Crippen LogP contribution in [0.15, 0.2) is 0 Å². The van der Waals surface area contributed by atoms with E-state index < -0.39 is 105 Å². The van der Waals surface area contributed by atoms with Crippen molar-refractivity contribution in [2.45, 2.75) is 217 Å². The molecule has 4 aliphatic carbocycles. The number of hydrogen-bond acceptors (Lipinski definition) is 17. The van der Waals surface area contributed by atoms with Gasteiger partial charge >= 0.3 is 0 Å². The zero-order chi connectivity index (χ0) is 48.9. The second-order valence-electron chi connectivity index (χ2n) is 22.7. The number of fused-ring (bicyclic) bond motifs is 5. The summed E-state index contributed by atoms with van der Waals surface area (Å²) in [5.41, 5.74) is -0.121. The van der Waals surface area contributed by atoms with Crippen LogP contribution in [0.1, 0.15) is 119 Å². The van der Waals surface area contributed by atoms with E-state index in [1.165, 1.54) is 6.92 Å². The topological polar surface area (TPSA) is 284 Å². The summed E-state index contributed by atoms with van der Waals surface area (Å²) >= 11 is 0. The second-order valence-corrected chi connectivity index (χ2v) is 22.7. The maximum absolute atomic E-state index is 13.8. The van der Waals surface area contributed by atoms with Crippen LogP contribution in [-0.4, -0.2) is 176 Å². The van der Waals surface area contributed by atoms with Gasteiger partial charge in [0.1, 0.15) is 66.8 Å². The number of aliphatic hydroxyl groups excluding tert-OH is 9. The standard InChI is InChI=1S/C49H83NO17/c1-22(2)16-35(55)50-19-23(3)8-11-31(52)24(4)36-32(53)18-30-28-10-9-26-17-27(12-14-48(26,6)29(28)13-15-49(30,36)7)64-46-42(61)40(59)43(34(20-51)65-46)66-47-44(39(58)37(56)25(5)63-47)67-45-41(60)38(57)33(54)21-62-45/h22-30,32-34,36-47,51,53-54,56-61H,8-21H2,1-7H3,(H,50,55)/t23-,24-,25+,26+,27+,28-,29+,30+,32-,33-,34-,36+,37+,38+,39-,40-,41-,42-,43-,44-,45+,46-,47+,48+,49+/m1/s1. The molecule has 3 aliphatic heterocycles. The zero-order valence-corrected chi connectivity index (χ0v) is 40.5. The lowest BCUT2D eigenvalue weighted by molar-refractivity contribution is -0.383. The Morgan fingerprint density at radius 3 is 2.09 bits per heavy atom. The van der Waals surface area contributed by atoms with Crippen LogP contribution in [0.5, 0.6) is 0 Å². The molecular formula is C49H83NO17. The fourth-order valence-electron chi connectivity index (χ4n) is 13.9. The number of rotatable bonds is 16. The molecule has 7 aliphatic rings. The van der Waals surface area contributed by atoms with Crippen LogP contribution in [0.4, 0.5) is 0 Å². The Balaban J connectivity index is 0.936. The molecule has 7 fully saturated rings. The van der Waals surface area contributed by atoms with Crippen molar-refractivity contribution in [3.8, 4) is 0 Å². The van der Waals surface area contributed by atoms with Crippen molar-refractivity contribution in [2.24, 2.45) is 58.2 Å². The molecule has 18 heteroatoms. The highest BCUT2D eigenvalue weighted by Crippen LogP contribution is 2.68. The van der Waals surface area contributed by atoms with Gasteiger partial charge in [0.05, 0.1) is 31.5 Å². The van der Waals surface area contributed by atoms with Crippen LogP contribution in [-0.2, 0) is 38.0 Å². The first-order valence-electron chi connectivity index (χ1n) is 25.3. The number of hydrogen-bond donors (Lipinski definition) is 10. The van der Waals surface area contributed by atoms with Gasteiger partial charge in [-0.05, 0) is 117 Å². The van der Waals surface area contributed by atoms with E-state index in [2.05, 4.69) is 26.1 Å². The third-order valence-corrected chi connectivity index (χ3v) is 17.9. The largest absolute Gasteiger partial charge is 0.394 e. The molecule has 0 aromatic carbocycles. The molecule has 386 valence electrons. The highest BCUT2D eigenvalue weighted by Gasteiger charge is 2.64. The van der Waals surface area contributed by atoms with E-state index in [9.17, 15) is 55.5 Å². The molecule has 4 saturated carbocycles. The summed E-state index contributed by atoms with van der Waals surface area (Å²) in [6.45, 7) is 13.8. The lowest BCUT2D eigenvalue weighted by atomic mass is 9.44. The van der Waals surface area contributed by atoms with Gasteiger partial charge in [-0.25, -0.2) is 0 Å². The number of carbonyl (C=O) groups is 2. The van der Waals surface area contributed by atoms with Crippen LogP contribution in [0.2, 0.25) is 0 Å². The Labute approximate surface area is 395 Å². The number of ether oxygens (including phenoxy) is 6. The molecule has 67 heavy (non-hydrogen) atoms. The second kappa shape index (κ2) is 21.7. The van der Waals surface area contributed by atoms with Gasteiger partial charge in [0, 0.05) is 25.3 Å². The highest BCUT2D eigenvalue weighted by atomic mass is 16.8. The molecular weight excluding hydrogens is 875 g/mol. The van der Waals surface area contributed by atoms with Gasteiger partial charge in [-0.2, -0.15) is 0 Å². The molecule has 0 unspecified atom stereocenters. The lowest BCUT2D eigenvalue weighted by Gasteiger charge is -2.61. The van der Waals surface area contributed by atoms with Crippen LogP contribution in [0.3, 0.4) is 0 Å². The average molecular weight is 958 g/mol. The van der Waals surface area contributed by atoms with E-state index in [1.807, 2.05) is 20.8 Å². The fraction of sp³-hybridized carbons (Fsp3) is 0.959. The molecule has 18 nitrogen and oxygen atoms in total. The number of ketones is 1. The molecule has 7 rings (SSSR count). The third-order valence-electron chi connectivity index (χ3n) is 17.9. The van der Waals surface area contributed by atoms with Crippen molar-refractivity contribution in [2.75, 3.05) is 19.8 Å². The molecule has 0 spiro atoms. The Hall–Kier alpha value is -1.46. The number of Topliss-reactive ketones (excluding diaryl/α,β-unsaturated/α-hetero) is 1. The van der Waals surface area contributed by atoms with Crippen molar-refractivity contribution in [1.82, 2.24) is 5.32 Å². The first-order valence-corrected chi connectivity index (χ1v) is 25.3. The zero-order valence-electron chi connectivity index (χ0n) is 40.5. The minimum absolute atomic E-state index is 0.0257. The maximum Gasteiger partial charge on any atom is 0.220 e. The van der Waals surface area contributed by atoms with Crippen molar-refractivity contribution in [1.29, 1.82) is 0 Å². The summed E-state index contributed by atoms with van der Waals surface area (Å²) in [5, 5.41) is 100. The molecule has 3 saturated heterocycles. The smallest absolute Gasteiger partial charge is 0.220 e. The van der Waals surface area contributed by atoms with E-state index >= 15 is 0 Å². The minimum atomic E-state index is -1.73. The quantitative estimate of drug-likeness (QED) is 0.0963. The molecule has 3 heterocycles. The Kier molecular flexibility index (Phi) is 17.3. The summed E-state index contributed by atoms with van der Waals surface area (Å²) in [6, 6.07) is 0. The molecule has 0 bridgehead atoms. The molecule has 25 atom stereocenters. The summed E-state index contributed by atoms with van der Waals surface area (Å²) in [4.78, 5) is 25.9. The van der Waals surface area contributed by atoms with Gasteiger partial charge in [0.15, 0.2) is 18.9 Å². The van der Waals surface area contributed by atoms with Crippen LogP contribution >= 0.6 is 0 Å². The van der Waals surface area contributed by atoms with E-state index in [-0.39, 0.29) is 46.4 Å². The van der Waals surface area contributed by atoms with E-state index in [4.69, 9.17) is 28.4 Å². The molecule has 0 radical (unpaired) electrons. The van der Waals surface area contributed by atoms with Crippen molar-refractivity contribution in [3.05, 3.63) is 0 Å². The minimum Gasteiger partial charge on any atom is -0.394 e. The molecule has 10 N–H and O–H groups in total. The van der Waals surface area contributed by atoms with Crippen LogP contribution in [0, 0.1) is 58.2 Å². The first kappa shape index (κ1) is 53.3. The Morgan fingerprint density at radius 1 is 0.716 bits per heavy atom. The van der Waals surface area contributed by atoms with Gasteiger partial charge in [0.25, 0.3) is 0 Å². The van der Waals surface area contributed by atoms with Crippen LogP contribution < -0.4 is 5.32 Å². The number of amides is 1. The monoisotopic (exact) mass is 958 g/mol. The van der Waals surface area contributed by atoms with Gasteiger partial charge < -0.3 is 79.7 Å². The summed E-state index contributed by atoms with van der Waals surface area (Å²) < 4.78 is 35.5. The molecule has 0 aromatic heterocycles. The van der Waals surface area contributed by atoms with E-state index in [1.54, 1.807) is 0 Å². The SMILES string of the molecule is CC(C)CC(=O)NC[C@H](C)CCC(=O)[C@@H](C)[C@H]1[C@H](O)C[C@H]2[C@@H]3CC[C@H]4C[C@@H](O[C@@H]5O[C@H](CO)[C@@H](O[C@@H]6O[C@@H](C)[C@H](O)[C@@H](O)[C@H]6O[C@@H]6OC[C@@H](O)[C@H](O)[C@H]6O)[C@H](O)[C@H]5O)CC[C@]4(C)[C@H]3CC[C@]12C. The van der Waals surface area contributed by atoms with Crippen molar-refractivity contribution < 1.29 is 84.0 Å². The fourth-order valence-corrected chi connectivity index (χ4v) is 13.9. The van der Waals surface area contributed by atoms with E-state index in [0.29, 0.717) is 68.2 Å². The number of carbonyl (C=O) groups excluding carboxylic acids is 2. The predicted octanol–water partition coefficient (Wildman–Crippen LogP) is 0.900. The van der Waals surface area contributed by atoms with Crippen molar-refractivity contribution >= 4 is 11.7 Å². The van der Waals surface area contributed by atoms with Crippen LogP contribution in [0.25, 0.3) is 0 Å². The lowest BCUT2D eigenvalue weighted by Crippen LogP contribution is -2.66. The summed E-state index contributed by atoms with van der Waals surface area (Å²) in [5.74, 6) is 1.87. The van der Waals surface area contributed by atoms with Crippen molar-refractivity contribution in [3.63, 3.8) is 0 Å².